The van der Waals surface area contributed by atoms with Gasteiger partial charge in [0, 0.05) is 23.8 Å². The molecule has 0 radical (unpaired) electrons. The Morgan fingerprint density at radius 1 is 1.10 bits per heavy atom. The number of carbonyl (C=O) groups excluding carboxylic acids is 1. The van der Waals surface area contributed by atoms with Crippen molar-refractivity contribution in [2.45, 2.75) is 38.6 Å². The monoisotopic (exact) mass is 437 g/mol. The smallest absolute Gasteiger partial charge is 0.246 e. The van der Waals surface area contributed by atoms with Gasteiger partial charge in [0.05, 0.1) is 0 Å². The van der Waals surface area contributed by atoms with Gasteiger partial charge in [0.25, 0.3) is 0 Å². The van der Waals surface area contributed by atoms with Crippen LogP contribution in [0.25, 0.3) is 0 Å². The number of likely N-dealkylation sites (tertiary alicyclic amines) is 1. The lowest BCUT2D eigenvalue weighted by molar-refractivity contribution is -0.134. The normalized spacial score (nSPS) is 15.8. The highest BCUT2D eigenvalue weighted by Crippen LogP contribution is 2.32. The van der Waals surface area contributed by atoms with E-state index in [4.69, 9.17) is 11.6 Å². The number of halogens is 1. The van der Waals surface area contributed by atoms with Crippen molar-refractivity contribution >= 4 is 29.1 Å². The molecule has 7 heteroatoms. The summed E-state index contributed by atoms with van der Waals surface area (Å²) in [5.41, 5.74) is 2.21. The van der Waals surface area contributed by atoms with Crippen molar-refractivity contribution in [3.8, 4) is 0 Å². The zero-order chi connectivity index (χ0) is 21.8. The van der Waals surface area contributed by atoms with Gasteiger partial charge in [-0.25, -0.2) is 5.10 Å². The molecule has 4 rings (SSSR count). The third-order valence-corrected chi connectivity index (χ3v) is 6.23. The maximum atomic E-state index is 13.7. The minimum atomic E-state index is -0.373. The Morgan fingerprint density at radius 2 is 1.77 bits per heavy atom. The van der Waals surface area contributed by atoms with E-state index in [-0.39, 0.29) is 17.9 Å². The third kappa shape index (κ3) is 4.74. The van der Waals surface area contributed by atoms with Crippen molar-refractivity contribution < 1.29 is 4.79 Å². The molecule has 31 heavy (non-hydrogen) atoms. The van der Waals surface area contributed by atoms with E-state index in [0.29, 0.717) is 11.9 Å². The number of anilines is 2. The van der Waals surface area contributed by atoms with E-state index in [0.717, 1.165) is 36.6 Å². The van der Waals surface area contributed by atoms with E-state index >= 15 is 0 Å². The standard InChI is InChI=1S/C24H28ClN5O/c1-17(2)22(30(24-26-16-27-28-24)21-6-4-3-5-7-21)23(31)29-14-12-19(13-15-29)18-8-10-20(25)11-9-18/h3-11,16-17,19,22H,12-15H2,1-2H3,(H,26,27,28). The van der Waals surface area contributed by atoms with Crippen LogP contribution in [0.1, 0.15) is 38.2 Å². The molecule has 1 aromatic heterocycles. The summed E-state index contributed by atoms with van der Waals surface area (Å²) in [5.74, 6) is 1.25. The average molecular weight is 438 g/mol. The maximum absolute atomic E-state index is 13.7. The number of aromatic nitrogens is 3. The van der Waals surface area contributed by atoms with Gasteiger partial charge < -0.3 is 4.90 Å². The van der Waals surface area contributed by atoms with E-state index in [1.807, 2.05) is 52.3 Å². The SMILES string of the molecule is CC(C)C(C(=O)N1CCC(c2ccc(Cl)cc2)CC1)N(c1ccccc1)c1ncn[nH]1. The Hall–Kier alpha value is -2.86. The van der Waals surface area contributed by atoms with Crippen LogP contribution in [0, 0.1) is 5.92 Å². The Balaban J connectivity index is 1.54. The van der Waals surface area contributed by atoms with Crippen molar-refractivity contribution in [2.24, 2.45) is 5.92 Å². The molecular weight excluding hydrogens is 410 g/mol. The van der Waals surface area contributed by atoms with Gasteiger partial charge in [-0.3, -0.25) is 9.69 Å². The maximum Gasteiger partial charge on any atom is 0.246 e. The van der Waals surface area contributed by atoms with Crippen LogP contribution in [0.15, 0.2) is 60.9 Å². The topological polar surface area (TPSA) is 65.1 Å². The summed E-state index contributed by atoms with van der Waals surface area (Å²) in [6.45, 7) is 5.65. The quantitative estimate of drug-likeness (QED) is 0.587. The number of para-hydroxylation sites is 1. The first kappa shape index (κ1) is 21.4. The number of H-pyrrole nitrogens is 1. The van der Waals surface area contributed by atoms with Crippen LogP contribution in [0.4, 0.5) is 11.6 Å². The molecule has 1 amide bonds. The predicted molar refractivity (Wildman–Crippen MR) is 124 cm³/mol. The second-order valence-corrected chi connectivity index (χ2v) is 8.79. The van der Waals surface area contributed by atoms with Gasteiger partial charge in [-0.2, -0.15) is 10.1 Å². The molecule has 1 atom stereocenters. The van der Waals surface area contributed by atoms with Crippen LogP contribution >= 0.6 is 11.6 Å². The summed E-state index contributed by atoms with van der Waals surface area (Å²) >= 11 is 6.03. The highest BCUT2D eigenvalue weighted by Gasteiger charge is 2.36. The molecule has 1 N–H and O–H groups in total. The van der Waals surface area contributed by atoms with Crippen molar-refractivity contribution in [3.63, 3.8) is 0 Å². The highest BCUT2D eigenvalue weighted by molar-refractivity contribution is 6.30. The summed E-state index contributed by atoms with van der Waals surface area (Å²) in [7, 11) is 0. The fourth-order valence-electron chi connectivity index (χ4n) is 4.37. The fraction of sp³-hybridized carbons (Fsp3) is 0.375. The van der Waals surface area contributed by atoms with Crippen LogP contribution in [0.3, 0.4) is 0 Å². The van der Waals surface area contributed by atoms with E-state index in [1.165, 1.54) is 11.9 Å². The fourth-order valence-corrected chi connectivity index (χ4v) is 4.49. The number of hydrogen-bond acceptors (Lipinski definition) is 4. The molecule has 0 bridgehead atoms. The highest BCUT2D eigenvalue weighted by atomic mass is 35.5. The first-order chi connectivity index (χ1) is 15.0. The molecule has 1 aliphatic rings. The first-order valence-electron chi connectivity index (χ1n) is 10.8. The summed E-state index contributed by atoms with van der Waals surface area (Å²) in [5, 5.41) is 7.72. The van der Waals surface area contributed by atoms with Gasteiger partial charge in [0.1, 0.15) is 12.4 Å². The van der Waals surface area contributed by atoms with Crippen LogP contribution in [0.2, 0.25) is 5.02 Å². The number of nitrogens with zero attached hydrogens (tertiary/aromatic N) is 4. The molecule has 1 aliphatic heterocycles. The molecule has 162 valence electrons. The lowest BCUT2D eigenvalue weighted by Gasteiger charge is -2.39. The molecule has 1 unspecified atom stereocenters. The largest absolute Gasteiger partial charge is 0.341 e. The third-order valence-electron chi connectivity index (χ3n) is 5.98. The lowest BCUT2D eigenvalue weighted by atomic mass is 9.88. The summed E-state index contributed by atoms with van der Waals surface area (Å²) in [6, 6.07) is 17.6. The van der Waals surface area contributed by atoms with E-state index in [9.17, 15) is 4.79 Å². The summed E-state index contributed by atoms with van der Waals surface area (Å²) in [6.07, 6.45) is 3.38. The number of aromatic amines is 1. The molecule has 1 saturated heterocycles. The van der Waals surface area contributed by atoms with E-state index in [1.54, 1.807) is 0 Å². The van der Waals surface area contributed by atoms with Gasteiger partial charge in [-0.05, 0) is 54.5 Å². The molecular formula is C24H28ClN5O. The van der Waals surface area contributed by atoms with Gasteiger partial charge in [0.15, 0.2) is 0 Å². The van der Waals surface area contributed by atoms with Gasteiger partial charge in [-0.1, -0.05) is 55.8 Å². The number of carbonyl (C=O) groups is 1. The van der Waals surface area contributed by atoms with Crippen molar-refractivity contribution in [1.82, 2.24) is 20.1 Å². The second kappa shape index (κ2) is 9.52. The molecule has 2 aromatic carbocycles. The minimum absolute atomic E-state index is 0.0896. The molecule has 2 heterocycles. The minimum Gasteiger partial charge on any atom is -0.341 e. The molecule has 1 fully saturated rings. The summed E-state index contributed by atoms with van der Waals surface area (Å²) < 4.78 is 0. The van der Waals surface area contributed by atoms with E-state index in [2.05, 4.69) is 41.2 Å². The van der Waals surface area contributed by atoms with E-state index < -0.39 is 0 Å². The zero-order valence-corrected chi connectivity index (χ0v) is 18.7. The van der Waals surface area contributed by atoms with Gasteiger partial charge in [0.2, 0.25) is 11.9 Å². The van der Waals surface area contributed by atoms with Crippen LogP contribution in [0.5, 0.6) is 0 Å². The number of benzene rings is 2. The molecule has 6 nitrogen and oxygen atoms in total. The van der Waals surface area contributed by atoms with Gasteiger partial charge >= 0.3 is 0 Å². The molecule has 3 aromatic rings. The lowest BCUT2D eigenvalue weighted by Crippen LogP contribution is -2.52. The van der Waals surface area contributed by atoms with Crippen molar-refractivity contribution in [1.29, 1.82) is 0 Å². The Labute approximate surface area is 188 Å². The number of nitrogens with one attached hydrogen (secondary N) is 1. The Bertz CT molecular complexity index is 967. The number of amides is 1. The first-order valence-corrected chi connectivity index (χ1v) is 11.2. The van der Waals surface area contributed by atoms with Gasteiger partial charge in [-0.15, -0.1) is 0 Å². The number of hydrogen-bond donors (Lipinski definition) is 1. The van der Waals surface area contributed by atoms with Crippen molar-refractivity contribution in [3.05, 3.63) is 71.5 Å². The predicted octanol–water partition coefficient (Wildman–Crippen LogP) is 5.03. The Kier molecular flexibility index (Phi) is 6.56. The summed E-state index contributed by atoms with van der Waals surface area (Å²) in [4.78, 5) is 22.1. The van der Waals surface area contributed by atoms with Crippen LogP contribution < -0.4 is 4.90 Å². The molecule has 0 saturated carbocycles. The Morgan fingerprint density at radius 3 is 2.35 bits per heavy atom. The second-order valence-electron chi connectivity index (χ2n) is 8.35. The van der Waals surface area contributed by atoms with Crippen LogP contribution in [-0.4, -0.2) is 45.1 Å². The molecule has 0 spiro atoms. The van der Waals surface area contributed by atoms with Crippen molar-refractivity contribution in [2.75, 3.05) is 18.0 Å². The molecule has 0 aliphatic carbocycles. The van der Waals surface area contributed by atoms with Crippen LogP contribution in [-0.2, 0) is 4.79 Å². The zero-order valence-electron chi connectivity index (χ0n) is 17.9. The number of rotatable bonds is 6. The average Bonchev–Trinajstić information content (AvgIpc) is 3.32. The number of piperidine rings is 1.